The van der Waals surface area contributed by atoms with Gasteiger partial charge in [0.2, 0.25) is 0 Å². The van der Waals surface area contributed by atoms with Crippen LogP contribution in [0.15, 0.2) is 0 Å². The highest BCUT2D eigenvalue weighted by atomic mass is 31.2. The molecule has 17 nitrogen and oxygen atoms in total. The van der Waals surface area contributed by atoms with Gasteiger partial charge < -0.3 is 38.9 Å². The summed E-state index contributed by atoms with van der Waals surface area (Å²) < 4.78 is 66.3. The molecule has 0 aliphatic rings. The molecule has 4 N–H and O–H groups in total. The monoisotopic (exact) mass is 1000 g/mol. The summed E-state index contributed by atoms with van der Waals surface area (Å²) in [6.07, 6.45) is 26.0. The highest BCUT2D eigenvalue weighted by Gasteiger charge is 2.30. The van der Waals surface area contributed by atoms with Crippen LogP contribution in [0.1, 0.15) is 227 Å². The predicted octanol–water partition coefficient (Wildman–Crippen LogP) is 11.5. The Balaban J connectivity index is 4.99. The van der Waals surface area contributed by atoms with Gasteiger partial charge in [-0.2, -0.15) is 0 Å². The van der Waals surface area contributed by atoms with Gasteiger partial charge in [0.25, 0.3) is 0 Å². The van der Waals surface area contributed by atoms with Crippen LogP contribution >= 0.6 is 15.6 Å². The van der Waals surface area contributed by atoms with E-state index in [2.05, 4.69) is 20.8 Å². The van der Waals surface area contributed by atoms with Crippen molar-refractivity contribution in [2.75, 3.05) is 39.6 Å². The second kappa shape index (κ2) is 44.5. The molecule has 0 saturated carbocycles. The van der Waals surface area contributed by atoms with E-state index >= 15 is 0 Å². The van der Waals surface area contributed by atoms with Crippen LogP contribution < -0.4 is 0 Å². The third kappa shape index (κ3) is 45.4. The van der Waals surface area contributed by atoms with Crippen LogP contribution in [0, 0.1) is 0 Å². The van der Waals surface area contributed by atoms with Crippen molar-refractivity contribution in [3.63, 3.8) is 0 Å². The fraction of sp³-hybridized carbons (Fsp3) is 0.938. The van der Waals surface area contributed by atoms with Gasteiger partial charge in [0, 0.05) is 19.8 Å². The molecule has 3 unspecified atom stereocenters. The summed E-state index contributed by atoms with van der Waals surface area (Å²) in [4.78, 5) is 57.1. The van der Waals surface area contributed by atoms with Crippen LogP contribution in [-0.2, 0) is 60.6 Å². The normalized spacial score (nSPS) is 15.3. The van der Waals surface area contributed by atoms with Gasteiger partial charge in [-0.15, -0.1) is 0 Å². The van der Waals surface area contributed by atoms with Crippen molar-refractivity contribution in [1.29, 1.82) is 0 Å². The molecule has 398 valence electrons. The van der Waals surface area contributed by atoms with E-state index in [-0.39, 0.29) is 19.4 Å². The third-order valence-electron chi connectivity index (χ3n) is 11.0. The minimum absolute atomic E-state index is 0.0995. The van der Waals surface area contributed by atoms with Crippen LogP contribution in [0.25, 0.3) is 0 Å². The maximum Gasteiger partial charge on any atom is 0.472 e. The number of phosphoric acid groups is 2. The molecule has 6 atom stereocenters. The van der Waals surface area contributed by atoms with E-state index in [1.807, 2.05) is 0 Å². The van der Waals surface area contributed by atoms with Crippen LogP contribution in [0.3, 0.4) is 0 Å². The van der Waals surface area contributed by atoms with Crippen molar-refractivity contribution >= 4 is 33.6 Å². The average Bonchev–Trinajstić information content (AvgIpc) is 3.29. The summed E-state index contributed by atoms with van der Waals surface area (Å²) in [5.74, 6) is -1.82. The molecule has 0 fully saturated rings. The van der Waals surface area contributed by atoms with Gasteiger partial charge in [0.15, 0.2) is 12.4 Å². The SMILES string of the molecule is CCCCCCCCCCCCCCC(=O)O[C@H](COC(O)CCCCCCCCCCCC)COP(=O)(O)OC[C@H](O)COP(=O)(O)OC[C@@H](COC(C)=O)OC(=O)CCCCCCCC. The first kappa shape index (κ1) is 65.5. The molecule has 0 aliphatic carbocycles. The van der Waals surface area contributed by atoms with E-state index in [0.717, 1.165) is 84.0 Å². The fourth-order valence-corrected chi connectivity index (χ4v) is 8.62. The number of ether oxygens (including phenoxy) is 4. The Hall–Kier alpha value is -1.49. The van der Waals surface area contributed by atoms with Crippen molar-refractivity contribution in [1.82, 2.24) is 0 Å². The van der Waals surface area contributed by atoms with E-state index in [9.17, 15) is 43.5 Å². The third-order valence-corrected chi connectivity index (χ3v) is 12.9. The second-order valence-electron chi connectivity index (χ2n) is 17.7. The number of aliphatic hydroxyl groups is 2. The van der Waals surface area contributed by atoms with Gasteiger partial charge in [-0.3, -0.25) is 32.5 Å². The Morgan fingerprint density at radius 2 is 0.746 bits per heavy atom. The van der Waals surface area contributed by atoms with E-state index in [1.165, 1.54) is 89.9 Å². The van der Waals surface area contributed by atoms with Crippen LogP contribution in [0.4, 0.5) is 0 Å². The highest BCUT2D eigenvalue weighted by Crippen LogP contribution is 2.45. The van der Waals surface area contributed by atoms with Crippen molar-refractivity contribution < 1.29 is 80.6 Å². The average molecular weight is 1010 g/mol. The lowest BCUT2D eigenvalue weighted by Gasteiger charge is -2.22. The number of carbonyl (C=O) groups excluding carboxylic acids is 3. The Morgan fingerprint density at radius 3 is 1.10 bits per heavy atom. The summed E-state index contributed by atoms with van der Waals surface area (Å²) in [7, 11) is -9.78. The van der Waals surface area contributed by atoms with Crippen LogP contribution in [-0.4, -0.2) is 102 Å². The molecule has 0 radical (unpaired) electrons. The number of carbonyl (C=O) groups is 3. The molecular weight excluding hydrogens is 910 g/mol. The minimum atomic E-state index is -4.89. The molecule has 0 rings (SSSR count). The van der Waals surface area contributed by atoms with E-state index < -0.39 is 91.2 Å². The first-order valence-corrected chi connectivity index (χ1v) is 28.9. The lowest BCUT2D eigenvalue weighted by Crippen LogP contribution is -2.31. The molecule has 0 aromatic rings. The largest absolute Gasteiger partial charge is 0.472 e. The van der Waals surface area contributed by atoms with Gasteiger partial charge in [-0.05, 0) is 25.7 Å². The molecule has 19 heteroatoms. The summed E-state index contributed by atoms with van der Waals surface area (Å²) in [6.45, 7) is 3.84. The molecule has 0 aromatic heterocycles. The Morgan fingerprint density at radius 1 is 0.433 bits per heavy atom. The second-order valence-corrected chi connectivity index (χ2v) is 20.6. The van der Waals surface area contributed by atoms with Crippen molar-refractivity contribution in [2.45, 2.75) is 251 Å². The van der Waals surface area contributed by atoms with E-state index in [0.29, 0.717) is 19.3 Å². The minimum Gasteiger partial charge on any atom is -0.462 e. The molecule has 0 bridgehead atoms. The lowest BCUT2D eigenvalue weighted by molar-refractivity contribution is -0.166. The quantitative estimate of drug-likeness (QED) is 0.0146. The van der Waals surface area contributed by atoms with Gasteiger partial charge in [0.05, 0.1) is 33.0 Å². The number of rotatable bonds is 50. The molecule has 0 amide bonds. The van der Waals surface area contributed by atoms with Crippen LogP contribution in [0.5, 0.6) is 0 Å². The standard InChI is InChI=1S/C48H94O17P2/c1-5-8-11-14-17-19-21-22-24-26-29-32-35-48(53)65-45(39-59-46(51)33-30-28-25-23-20-18-15-12-9-6-2)41-63-67(56,57)61-37-43(50)36-60-66(54,55)62-40-44(38-58-42(4)49)64-47(52)34-31-27-16-13-10-7-3/h43-46,50-51H,5-41H2,1-4H3,(H,54,55)(H,56,57)/t43-,44-,45-,46?/m1/s1. The number of hydrogen-bond donors (Lipinski definition) is 4. The van der Waals surface area contributed by atoms with Gasteiger partial charge in [-0.25, -0.2) is 9.13 Å². The molecule has 0 spiro atoms. The summed E-state index contributed by atoms with van der Waals surface area (Å²) in [5.41, 5.74) is 0. The molecule has 0 saturated heterocycles. The maximum absolute atomic E-state index is 12.8. The smallest absolute Gasteiger partial charge is 0.462 e. The summed E-state index contributed by atoms with van der Waals surface area (Å²) >= 11 is 0. The molecule has 0 aromatic carbocycles. The fourth-order valence-electron chi connectivity index (χ4n) is 7.04. The van der Waals surface area contributed by atoms with Gasteiger partial charge in [-0.1, -0.05) is 181 Å². The number of unbranched alkanes of at least 4 members (excludes halogenated alkanes) is 25. The number of phosphoric ester groups is 2. The van der Waals surface area contributed by atoms with Crippen LogP contribution in [0.2, 0.25) is 0 Å². The van der Waals surface area contributed by atoms with Gasteiger partial charge in [0.1, 0.15) is 18.8 Å². The Labute approximate surface area is 404 Å². The van der Waals surface area contributed by atoms with E-state index in [4.69, 9.17) is 37.0 Å². The summed E-state index contributed by atoms with van der Waals surface area (Å²) in [6, 6.07) is 0. The molecule has 67 heavy (non-hydrogen) atoms. The van der Waals surface area contributed by atoms with Gasteiger partial charge >= 0.3 is 33.6 Å². The summed E-state index contributed by atoms with van der Waals surface area (Å²) in [5, 5.41) is 20.8. The zero-order chi connectivity index (χ0) is 49.9. The Bertz CT molecular complexity index is 1290. The first-order valence-electron chi connectivity index (χ1n) is 25.9. The number of aliphatic hydroxyl groups excluding tert-OH is 2. The lowest BCUT2D eigenvalue weighted by atomic mass is 10.0. The Kier molecular flexibility index (Phi) is 43.5. The number of esters is 3. The van der Waals surface area contributed by atoms with Crippen molar-refractivity contribution in [3.05, 3.63) is 0 Å². The molecule has 0 heterocycles. The molecule has 0 aliphatic heterocycles. The topological polar surface area (TPSA) is 240 Å². The predicted molar refractivity (Wildman–Crippen MR) is 258 cm³/mol. The van der Waals surface area contributed by atoms with Crippen molar-refractivity contribution in [2.24, 2.45) is 0 Å². The zero-order valence-corrected chi connectivity index (χ0v) is 43.8. The van der Waals surface area contributed by atoms with Crippen molar-refractivity contribution in [3.8, 4) is 0 Å². The first-order chi connectivity index (χ1) is 32.1. The maximum atomic E-state index is 12.8. The highest BCUT2D eigenvalue weighted by molar-refractivity contribution is 7.47. The zero-order valence-electron chi connectivity index (χ0n) is 42.0. The molecular formula is C48H94O17P2. The number of hydrogen-bond acceptors (Lipinski definition) is 15. The van der Waals surface area contributed by atoms with E-state index in [1.54, 1.807) is 0 Å².